The lowest BCUT2D eigenvalue weighted by Crippen LogP contribution is -2.01. The third kappa shape index (κ3) is 2.71. The van der Waals surface area contributed by atoms with Crippen LogP contribution in [0.3, 0.4) is 0 Å². The first-order valence-corrected chi connectivity index (χ1v) is 5.47. The first-order chi connectivity index (χ1) is 9.51. The standard InChI is InChI=1S/C11H10N4O5/c1-20-8-2-3-9(10(5-8)15(18)19)14-6-7(12-13-14)4-11(16)17/h2-3,5-6H,4H2,1H3,(H,16,17). The zero-order valence-corrected chi connectivity index (χ0v) is 10.4. The van der Waals surface area contributed by atoms with Crippen LogP contribution in [-0.4, -0.2) is 38.1 Å². The van der Waals surface area contributed by atoms with Gasteiger partial charge in [-0.15, -0.1) is 5.10 Å². The molecule has 2 rings (SSSR count). The highest BCUT2D eigenvalue weighted by atomic mass is 16.6. The van der Waals surface area contributed by atoms with Crippen molar-refractivity contribution in [1.29, 1.82) is 0 Å². The number of nitro benzene ring substituents is 1. The van der Waals surface area contributed by atoms with Gasteiger partial charge in [0.2, 0.25) is 0 Å². The molecule has 9 nitrogen and oxygen atoms in total. The maximum absolute atomic E-state index is 11.0. The van der Waals surface area contributed by atoms with Crippen LogP contribution in [0, 0.1) is 10.1 Å². The molecule has 0 unspecified atom stereocenters. The number of carboxylic acids is 1. The van der Waals surface area contributed by atoms with Crippen molar-refractivity contribution >= 4 is 11.7 Å². The molecule has 0 amide bonds. The smallest absolute Gasteiger partial charge is 0.309 e. The molecule has 104 valence electrons. The fourth-order valence-corrected chi connectivity index (χ4v) is 1.62. The summed E-state index contributed by atoms with van der Waals surface area (Å²) in [5, 5.41) is 27.0. The second-order valence-corrected chi connectivity index (χ2v) is 3.84. The number of benzene rings is 1. The van der Waals surface area contributed by atoms with Crippen molar-refractivity contribution in [1.82, 2.24) is 15.0 Å². The van der Waals surface area contributed by atoms with E-state index in [1.807, 2.05) is 0 Å². The van der Waals surface area contributed by atoms with E-state index in [1.54, 1.807) is 6.07 Å². The lowest BCUT2D eigenvalue weighted by molar-refractivity contribution is -0.384. The number of carboxylic acid groups (broad SMARTS) is 1. The van der Waals surface area contributed by atoms with Crippen LogP contribution in [0.4, 0.5) is 5.69 Å². The minimum Gasteiger partial charge on any atom is -0.496 e. The van der Waals surface area contributed by atoms with E-state index in [1.165, 1.54) is 25.4 Å². The maximum atomic E-state index is 11.0. The van der Waals surface area contributed by atoms with Crippen LogP contribution < -0.4 is 4.74 Å². The molecule has 1 N–H and O–H groups in total. The molecule has 0 saturated carbocycles. The van der Waals surface area contributed by atoms with Gasteiger partial charge in [-0.3, -0.25) is 14.9 Å². The van der Waals surface area contributed by atoms with Crippen molar-refractivity contribution < 1.29 is 19.6 Å². The average Bonchev–Trinajstić information content (AvgIpc) is 2.85. The molecule has 0 atom stereocenters. The van der Waals surface area contributed by atoms with E-state index >= 15 is 0 Å². The van der Waals surface area contributed by atoms with Crippen molar-refractivity contribution in [3.63, 3.8) is 0 Å². The van der Waals surface area contributed by atoms with Crippen LogP contribution in [0.2, 0.25) is 0 Å². The van der Waals surface area contributed by atoms with Crippen LogP contribution in [-0.2, 0) is 11.2 Å². The predicted octanol–water partition coefficient (Wildman–Crippen LogP) is 0.811. The third-order valence-electron chi connectivity index (χ3n) is 2.50. The second kappa shape index (κ2) is 5.34. The molecule has 0 aliphatic rings. The van der Waals surface area contributed by atoms with Crippen LogP contribution >= 0.6 is 0 Å². The summed E-state index contributed by atoms with van der Waals surface area (Å²) in [5.41, 5.74) is 0.179. The number of carbonyl (C=O) groups is 1. The van der Waals surface area contributed by atoms with Gasteiger partial charge in [0.15, 0.2) is 0 Å². The fraction of sp³-hybridized carbons (Fsp3) is 0.182. The number of hydrogen-bond acceptors (Lipinski definition) is 6. The Balaban J connectivity index is 2.43. The van der Waals surface area contributed by atoms with Gasteiger partial charge in [0.25, 0.3) is 5.69 Å². The van der Waals surface area contributed by atoms with Crippen LogP contribution in [0.5, 0.6) is 5.75 Å². The van der Waals surface area contributed by atoms with Gasteiger partial charge in [0.1, 0.15) is 11.4 Å². The molecule has 0 bridgehead atoms. The van der Waals surface area contributed by atoms with Gasteiger partial charge in [-0.1, -0.05) is 5.21 Å². The predicted molar refractivity (Wildman–Crippen MR) is 65.9 cm³/mol. The molecule has 1 heterocycles. The fourth-order valence-electron chi connectivity index (χ4n) is 1.62. The Morgan fingerprint density at radius 3 is 2.90 bits per heavy atom. The van der Waals surface area contributed by atoms with Crippen molar-refractivity contribution in [3.05, 3.63) is 40.2 Å². The van der Waals surface area contributed by atoms with Crippen LogP contribution in [0.15, 0.2) is 24.4 Å². The van der Waals surface area contributed by atoms with Gasteiger partial charge in [-0.2, -0.15) is 0 Å². The zero-order chi connectivity index (χ0) is 14.7. The first-order valence-electron chi connectivity index (χ1n) is 5.47. The van der Waals surface area contributed by atoms with Crippen molar-refractivity contribution in [3.8, 4) is 11.4 Å². The molecule has 0 fully saturated rings. The lowest BCUT2D eigenvalue weighted by atomic mass is 10.2. The van der Waals surface area contributed by atoms with Gasteiger partial charge in [0, 0.05) is 0 Å². The zero-order valence-electron chi connectivity index (χ0n) is 10.4. The van der Waals surface area contributed by atoms with E-state index in [4.69, 9.17) is 9.84 Å². The van der Waals surface area contributed by atoms with Gasteiger partial charge in [0.05, 0.1) is 36.4 Å². The molecule has 0 radical (unpaired) electrons. The Bertz CT molecular complexity index is 667. The van der Waals surface area contributed by atoms with E-state index in [-0.39, 0.29) is 23.5 Å². The summed E-state index contributed by atoms with van der Waals surface area (Å²) in [7, 11) is 1.40. The summed E-state index contributed by atoms with van der Waals surface area (Å²) in [6.45, 7) is 0. The van der Waals surface area contributed by atoms with E-state index in [9.17, 15) is 14.9 Å². The van der Waals surface area contributed by atoms with Gasteiger partial charge in [-0.05, 0) is 12.1 Å². The topological polar surface area (TPSA) is 120 Å². The number of aromatic nitrogens is 3. The Morgan fingerprint density at radius 2 is 2.30 bits per heavy atom. The van der Waals surface area contributed by atoms with E-state index < -0.39 is 10.9 Å². The molecule has 0 spiro atoms. The molecule has 20 heavy (non-hydrogen) atoms. The summed E-state index contributed by atoms with van der Waals surface area (Å²) < 4.78 is 6.09. The number of nitro groups is 1. The molecular formula is C11H10N4O5. The van der Waals surface area contributed by atoms with E-state index in [2.05, 4.69) is 10.3 Å². The number of nitrogens with zero attached hydrogens (tertiary/aromatic N) is 4. The lowest BCUT2D eigenvalue weighted by Gasteiger charge is -2.04. The first kappa shape index (κ1) is 13.5. The molecule has 0 aliphatic carbocycles. The van der Waals surface area contributed by atoms with E-state index in [0.717, 1.165) is 4.68 Å². The molecule has 0 aliphatic heterocycles. The Hall–Kier alpha value is -2.97. The third-order valence-corrected chi connectivity index (χ3v) is 2.50. The van der Waals surface area contributed by atoms with Gasteiger partial charge < -0.3 is 9.84 Å². The minimum absolute atomic E-state index is 0.180. The minimum atomic E-state index is -1.05. The second-order valence-electron chi connectivity index (χ2n) is 3.84. The van der Waals surface area contributed by atoms with Crippen molar-refractivity contribution in [2.24, 2.45) is 0 Å². The maximum Gasteiger partial charge on any atom is 0.309 e. The number of rotatable bonds is 5. The van der Waals surface area contributed by atoms with Gasteiger partial charge >= 0.3 is 5.97 Å². The summed E-state index contributed by atoms with van der Waals surface area (Å²) in [6, 6.07) is 4.25. The number of methoxy groups -OCH3 is 1. The molecule has 1 aromatic heterocycles. The Kier molecular flexibility index (Phi) is 3.60. The summed E-state index contributed by atoms with van der Waals surface area (Å²) in [5.74, 6) is -0.715. The number of ether oxygens (including phenoxy) is 1. The van der Waals surface area contributed by atoms with Crippen LogP contribution in [0.25, 0.3) is 5.69 Å². The average molecular weight is 278 g/mol. The van der Waals surface area contributed by atoms with E-state index in [0.29, 0.717) is 5.75 Å². The normalized spacial score (nSPS) is 10.2. The highest BCUT2D eigenvalue weighted by Gasteiger charge is 2.18. The van der Waals surface area contributed by atoms with Gasteiger partial charge in [-0.25, -0.2) is 4.68 Å². The Morgan fingerprint density at radius 1 is 1.55 bits per heavy atom. The van der Waals surface area contributed by atoms with Crippen molar-refractivity contribution in [2.75, 3.05) is 7.11 Å². The molecule has 1 aromatic carbocycles. The highest BCUT2D eigenvalue weighted by Crippen LogP contribution is 2.27. The molecular weight excluding hydrogens is 268 g/mol. The number of hydrogen-bond donors (Lipinski definition) is 1. The SMILES string of the molecule is COc1ccc(-n2cc(CC(=O)O)nn2)c([N+](=O)[O-])c1. The number of aliphatic carboxylic acids is 1. The summed E-state index contributed by atoms with van der Waals surface area (Å²) in [4.78, 5) is 21.0. The Labute approximate surface area is 112 Å². The summed E-state index contributed by atoms with van der Waals surface area (Å²) in [6.07, 6.45) is 1.03. The highest BCUT2D eigenvalue weighted by molar-refractivity contribution is 5.69. The summed E-state index contributed by atoms with van der Waals surface area (Å²) >= 11 is 0. The monoisotopic (exact) mass is 278 g/mol. The molecule has 9 heteroatoms. The van der Waals surface area contributed by atoms with Crippen LogP contribution in [0.1, 0.15) is 5.69 Å². The largest absolute Gasteiger partial charge is 0.496 e. The molecule has 2 aromatic rings. The quantitative estimate of drug-likeness (QED) is 0.634. The molecule has 0 saturated heterocycles. The van der Waals surface area contributed by atoms with Crippen molar-refractivity contribution in [2.45, 2.75) is 6.42 Å².